The van der Waals surface area contributed by atoms with Crippen molar-refractivity contribution in [3.8, 4) is 5.75 Å². The zero-order chi connectivity index (χ0) is 14.5. The van der Waals surface area contributed by atoms with Gasteiger partial charge in [0, 0.05) is 11.5 Å². The van der Waals surface area contributed by atoms with Crippen LogP contribution in [0.5, 0.6) is 5.75 Å². The van der Waals surface area contributed by atoms with E-state index in [4.69, 9.17) is 4.74 Å². The summed E-state index contributed by atoms with van der Waals surface area (Å²) in [6.07, 6.45) is 6.76. The molecule has 2 atom stereocenters. The van der Waals surface area contributed by atoms with Gasteiger partial charge in [-0.25, -0.2) is 0 Å². The minimum atomic E-state index is 0.377. The Morgan fingerprint density at radius 3 is 2.76 bits per heavy atom. The molecule has 0 unspecified atom stereocenters. The first-order valence-corrected chi connectivity index (χ1v) is 10.1. The van der Waals surface area contributed by atoms with Crippen LogP contribution in [-0.4, -0.2) is 22.7 Å². The SMILES string of the molecule is COc1ccc2c(c1)CC[C@H]1C3(CCC[C@]21C)SCCS3. The van der Waals surface area contributed by atoms with E-state index in [0.29, 0.717) is 9.49 Å². The van der Waals surface area contributed by atoms with Crippen molar-refractivity contribution in [3.63, 3.8) is 0 Å². The van der Waals surface area contributed by atoms with E-state index in [0.717, 1.165) is 11.7 Å². The molecule has 1 nitrogen and oxygen atoms in total. The quantitative estimate of drug-likeness (QED) is 0.730. The van der Waals surface area contributed by atoms with E-state index in [2.05, 4.69) is 48.6 Å². The van der Waals surface area contributed by atoms with Crippen LogP contribution in [0.2, 0.25) is 0 Å². The van der Waals surface area contributed by atoms with Gasteiger partial charge in [0.05, 0.1) is 11.2 Å². The molecule has 2 aliphatic carbocycles. The third kappa shape index (κ3) is 2.07. The number of thioether (sulfide) groups is 2. The lowest BCUT2D eigenvalue weighted by atomic mass is 9.58. The average molecular weight is 321 g/mol. The first-order chi connectivity index (χ1) is 10.2. The molecule has 1 aromatic rings. The molecule has 1 saturated carbocycles. The van der Waals surface area contributed by atoms with Crippen molar-refractivity contribution in [3.05, 3.63) is 29.3 Å². The van der Waals surface area contributed by atoms with Gasteiger partial charge in [-0.2, -0.15) is 0 Å². The Bertz CT molecular complexity index is 550. The number of ether oxygens (including phenoxy) is 1. The molecule has 0 radical (unpaired) electrons. The van der Waals surface area contributed by atoms with Crippen LogP contribution in [0.1, 0.15) is 43.7 Å². The number of fused-ring (bicyclic) bond motifs is 4. The maximum absolute atomic E-state index is 5.43. The fourth-order valence-electron chi connectivity index (χ4n) is 4.97. The van der Waals surface area contributed by atoms with Gasteiger partial charge in [-0.1, -0.05) is 19.4 Å². The van der Waals surface area contributed by atoms with Crippen molar-refractivity contribution in [1.29, 1.82) is 0 Å². The highest BCUT2D eigenvalue weighted by Crippen LogP contribution is 2.64. The number of hydrogen-bond acceptors (Lipinski definition) is 3. The normalized spacial score (nSPS) is 33.5. The first kappa shape index (κ1) is 14.3. The fourth-order valence-corrected chi connectivity index (χ4v) is 8.90. The number of benzene rings is 1. The molecule has 1 aliphatic heterocycles. The van der Waals surface area contributed by atoms with Crippen molar-refractivity contribution in [2.24, 2.45) is 5.92 Å². The Kier molecular flexibility index (Phi) is 3.50. The lowest BCUT2D eigenvalue weighted by molar-refractivity contribution is 0.173. The third-order valence-electron chi connectivity index (χ3n) is 5.93. The molecule has 114 valence electrons. The Labute approximate surface area is 136 Å². The topological polar surface area (TPSA) is 9.23 Å². The average Bonchev–Trinajstić information content (AvgIpc) is 2.95. The summed E-state index contributed by atoms with van der Waals surface area (Å²) in [6.45, 7) is 2.54. The summed E-state index contributed by atoms with van der Waals surface area (Å²) in [5.41, 5.74) is 3.53. The number of aryl methyl sites for hydroxylation is 1. The molecule has 1 saturated heterocycles. The van der Waals surface area contributed by atoms with Crippen LogP contribution in [0.25, 0.3) is 0 Å². The van der Waals surface area contributed by atoms with Crippen molar-refractivity contribution in [1.82, 2.24) is 0 Å². The van der Waals surface area contributed by atoms with Gasteiger partial charge in [0.2, 0.25) is 0 Å². The van der Waals surface area contributed by atoms with Crippen LogP contribution in [0.4, 0.5) is 0 Å². The standard InChI is InChI=1S/C18H24OS2/c1-17-8-3-9-18(20-10-11-21-18)16(17)7-4-13-12-14(19-2)5-6-15(13)17/h5-6,12,16H,3-4,7-11H2,1-2H3/t16-,17-/m1/s1. The minimum Gasteiger partial charge on any atom is -0.497 e. The zero-order valence-corrected chi connectivity index (χ0v) is 14.6. The predicted molar refractivity (Wildman–Crippen MR) is 93.7 cm³/mol. The molecular weight excluding hydrogens is 296 g/mol. The van der Waals surface area contributed by atoms with Gasteiger partial charge in [-0.05, 0) is 60.3 Å². The second-order valence-electron chi connectivity index (χ2n) is 6.89. The first-order valence-electron chi connectivity index (χ1n) is 8.13. The van der Waals surface area contributed by atoms with Crippen molar-refractivity contribution in [2.75, 3.05) is 18.6 Å². The maximum atomic E-state index is 5.43. The minimum absolute atomic E-state index is 0.377. The van der Waals surface area contributed by atoms with Crippen LogP contribution < -0.4 is 4.74 Å². The van der Waals surface area contributed by atoms with Crippen LogP contribution in [0.15, 0.2) is 18.2 Å². The van der Waals surface area contributed by atoms with Crippen LogP contribution >= 0.6 is 23.5 Å². The van der Waals surface area contributed by atoms with E-state index in [1.807, 2.05) is 0 Å². The van der Waals surface area contributed by atoms with Gasteiger partial charge in [0.25, 0.3) is 0 Å². The molecule has 0 N–H and O–H groups in total. The largest absolute Gasteiger partial charge is 0.497 e. The van der Waals surface area contributed by atoms with Gasteiger partial charge in [0.15, 0.2) is 0 Å². The molecule has 1 aromatic carbocycles. The summed E-state index contributed by atoms with van der Waals surface area (Å²) in [5, 5.41) is 0. The second kappa shape index (κ2) is 5.13. The van der Waals surface area contributed by atoms with E-state index >= 15 is 0 Å². The monoisotopic (exact) mass is 320 g/mol. The molecular formula is C18H24OS2. The smallest absolute Gasteiger partial charge is 0.119 e. The highest BCUT2D eigenvalue weighted by molar-refractivity contribution is 8.21. The molecule has 1 heterocycles. The third-order valence-corrected chi connectivity index (χ3v) is 9.66. The van der Waals surface area contributed by atoms with Crippen molar-refractivity contribution >= 4 is 23.5 Å². The summed E-state index contributed by atoms with van der Waals surface area (Å²) in [7, 11) is 1.77. The molecule has 0 amide bonds. The zero-order valence-electron chi connectivity index (χ0n) is 13.0. The van der Waals surface area contributed by atoms with E-state index in [-0.39, 0.29) is 0 Å². The second-order valence-corrected chi connectivity index (χ2v) is 10.0. The van der Waals surface area contributed by atoms with Gasteiger partial charge >= 0.3 is 0 Å². The Balaban J connectivity index is 1.78. The Hall–Kier alpha value is -0.280. The number of hydrogen-bond donors (Lipinski definition) is 0. The van der Waals surface area contributed by atoms with Gasteiger partial charge < -0.3 is 4.74 Å². The molecule has 3 heteroatoms. The van der Waals surface area contributed by atoms with Crippen molar-refractivity contribution in [2.45, 2.75) is 48.5 Å². The maximum Gasteiger partial charge on any atom is 0.119 e. The van der Waals surface area contributed by atoms with Crippen molar-refractivity contribution < 1.29 is 4.74 Å². The van der Waals surface area contributed by atoms with E-state index in [1.165, 1.54) is 49.2 Å². The van der Waals surface area contributed by atoms with Crippen LogP contribution in [-0.2, 0) is 11.8 Å². The van der Waals surface area contributed by atoms with Crippen LogP contribution in [0.3, 0.4) is 0 Å². The van der Waals surface area contributed by atoms with Gasteiger partial charge in [-0.15, -0.1) is 23.5 Å². The molecule has 2 fully saturated rings. The fraction of sp³-hybridized carbons (Fsp3) is 0.667. The molecule has 0 aromatic heterocycles. The molecule has 0 bridgehead atoms. The van der Waals surface area contributed by atoms with Crippen LogP contribution in [0, 0.1) is 5.92 Å². The summed E-state index contributed by atoms with van der Waals surface area (Å²) in [6, 6.07) is 6.82. The Morgan fingerprint density at radius 1 is 1.19 bits per heavy atom. The molecule has 4 rings (SSSR count). The van der Waals surface area contributed by atoms with E-state index in [9.17, 15) is 0 Å². The lowest BCUT2D eigenvalue weighted by Crippen LogP contribution is -2.50. The van der Waals surface area contributed by atoms with Gasteiger partial charge in [0.1, 0.15) is 5.75 Å². The summed E-state index contributed by atoms with van der Waals surface area (Å²) < 4.78 is 5.95. The van der Waals surface area contributed by atoms with Gasteiger partial charge in [-0.3, -0.25) is 0 Å². The number of rotatable bonds is 1. The van der Waals surface area contributed by atoms with E-state index in [1.54, 1.807) is 12.7 Å². The summed E-state index contributed by atoms with van der Waals surface area (Å²) in [4.78, 5) is 0. The predicted octanol–water partition coefficient (Wildman–Crippen LogP) is 4.88. The molecule has 21 heavy (non-hydrogen) atoms. The highest BCUT2D eigenvalue weighted by atomic mass is 32.2. The lowest BCUT2D eigenvalue weighted by Gasteiger charge is -2.54. The number of methoxy groups -OCH3 is 1. The highest BCUT2D eigenvalue weighted by Gasteiger charge is 2.55. The summed E-state index contributed by atoms with van der Waals surface area (Å²) >= 11 is 4.54. The molecule has 1 spiro atoms. The van der Waals surface area contributed by atoms with E-state index < -0.39 is 0 Å². The molecule has 3 aliphatic rings. The summed E-state index contributed by atoms with van der Waals surface area (Å²) in [5.74, 6) is 4.57. The Morgan fingerprint density at radius 2 is 2.00 bits per heavy atom.